The van der Waals surface area contributed by atoms with Gasteiger partial charge in [-0.05, 0) is 56.7 Å². The summed E-state index contributed by atoms with van der Waals surface area (Å²) in [5.41, 5.74) is 9.80. The van der Waals surface area contributed by atoms with E-state index < -0.39 is 0 Å². The fourth-order valence-corrected chi connectivity index (χ4v) is 2.64. The van der Waals surface area contributed by atoms with E-state index in [4.69, 9.17) is 5.73 Å². The van der Waals surface area contributed by atoms with Gasteiger partial charge in [0.25, 0.3) is 0 Å². The van der Waals surface area contributed by atoms with Gasteiger partial charge >= 0.3 is 0 Å². The first kappa shape index (κ1) is 13.6. The number of anilines is 1. The molecule has 0 aliphatic heterocycles. The Kier molecular flexibility index (Phi) is 3.16. The molecule has 0 aliphatic rings. The minimum absolute atomic E-state index is 0.175. The van der Waals surface area contributed by atoms with E-state index in [1.165, 1.54) is 6.07 Å². The zero-order chi connectivity index (χ0) is 15.1. The van der Waals surface area contributed by atoms with Crippen LogP contribution in [0.2, 0.25) is 0 Å². The molecule has 0 spiro atoms. The van der Waals surface area contributed by atoms with Crippen LogP contribution in [0, 0.1) is 12.7 Å². The van der Waals surface area contributed by atoms with E-state index in [1.54, 1.807) is 12.1 Å². The highest BCUT2D eigenvalue weighted by molar-refractivity contribution is 5.82. The third-order valence-corrected chi connectivity index (χ3v) is 3.59. The van der Waals surface area contributed by atoms with Crippen molar-refractivity contribution in [2.75, 3.05) is 5.73 Å². The first-order valence-electron chi connectivity index (χ1n) is 7.01. The lowest BCUT2D eigenvalue weighted by Gasteiger charge is -2.14. The lowest BCUT2D eigenvalue weighted by atomic mass is 10.1. The number of imidazole rings is 1. The van der Waals surface area contributed by atoms with Crippen LogP contribution in [0.25, 0.3) is 22.4 Å². The molecular weight excluding hydrogens is 265 g/mol. The van der Waals surface area contributed by atoms with Gasteiger partial charge in [0.15, 0.2) is 0 Å². The topological polar surface area (TPSA) is 43.8 Å². The average Bonchev–Trinajstić information content (AvgIpc) is 2.79. The lowest BCUT2D eigenvalue weighted by Crippen LogP contribution is -2.04. The number of rotatable bonds is 2. The number of nitrogens with zero attached hydrogens (tertiary/aromatic N) is 2. The smallest absolute Gasteiger partial charge is 0.144 e. The number of benzene rings is 2. The van der Waals surface area contributed by atoms with E-state index in [2.05, 4.69) is 18.8 Å². The van der Waals surface area contributed by atoms with Gasteiger partial charge in [-0.15, -0.1) is 0 Å². The van der Waals surface area contributed by atoms with E-state index in [0.29, 0.717) is 17.1 Å². The second-order valence-electron chi connectivity index (χ2n) is 5.63. The average molecular weight is 283 g/mol. The van der Waals surface area contributed by atoms with E-state index in [1.807, 2.05) is 29.7 Å². The lowest BCUT2D eigenvalue weighted by molar-refractivity contribution is 0.608. The van der Waals surface area contributed by atoms with Crippen LogP contribution in [0.15, 0.2) is 36.4 Å². The molecule has 0 fully saturated rings. The molecule has 0 saturated carbocycles. The molecule has 1 aromatic heterocycles. The maximum atomic E-state index is 14.2. The molecule has 0 amide bonds. The van der Waals surface area contributed by atoms with Crippen molar-refractivity contribution < 1.29 is 4.39 Å². The van der Waals surface area contributed by atoms with Crippen LogP contribution in [0.4, 0.5) is 10.1 Å². The van der Waals surface area contributed by atoms with Crippen LogP contribution in [0.5, 0.6) is 0 Å². The van der Waals surface area contributed by atoms with Crippen molar-refractivity contribution in [3.63, 3.8) is 0 Å². The molecule has 0 aliphatic carbocycles. The SMILES string of the molecule is Cc1ccc2c(c1)nc(-c1cc(N)ccc1F)n2C(C)C. The molecule has 0 unspecified atom stereocenters. The third-order valence-electron chi connectivity index (χ3n) is 3.59. The Labute approximate surface area is 123 Å². The molecule has 3 aromatic rings. The maximum absolute atomic E-state index is 14.2. The first-order valence-corrected chi connectivity index (χ1v) is 7.01. The minimum atomic E-state index is -0.307. The number of aryl methyl sites for hydroxylation is 1. The zero-order valence-corrected chi connectivity index (χ0v) is 12.4. The predicted molar refractivity (Wildman–Crippen MR) is 84.7 cm³/mol. The number of nitrogens with two attached hydrogens (primary N) is 1. The molecule has 0 saturated heterocycles. The predicted octanol–water partition coefficient (Wildman–Crippen LogP) is 4.31. The van der Waals surface area contributed by atoms with Crippen molar-refractivity contribution in [3.8, 4) is 11.4 Å². The summed E-state index contributed by atoms with van der Waals surface area (Å²) < 4.78 is 16.2. The standard InChI is InChI=1S/C17H18FN3/c1-10(2)21-16-7-4-11(3)8-15(16)20-17(21)13-9-12(19)5-6-14(13)18/h4-10H,19H2,1-3H3. The van der Waals surface area contributed by atoms with Crippen molar-refractivity contribution >= 4 is 16.7 Å². The Morgan fingerprint density at radius 3 is 2.62 bits per heavy atom. The molecule has 3 rings (SSSR count). The third kappa shape index (κ3) is 2.27. The van der Waals surface area contributed by atoms with Crippen LogP contribution in [0.1, 0.15) is 25.5 Å². The number of hydrogen-bond acceptors (Lipinski definition) is 2. The second-order valence-corrected chi connectivity index (χ2v) is 5.63. The summed E-state index contributed by atoms with van der Waals surface area (Å²) >= 11 is 0. The largest absolute Gasteiger partial charge is 0.399 e. The van der Waals surface area contributed by atoms with Crippen molar-refractivity contribution in [2.24, 2.45) is 0 Å². The maximum Gasteiger partial charge on any atom is 0.144 e. The van der Waals surface area contributed by atoms with Gasteiger partial charge < -0.3 is 10.3 Å². The molecule has 0 bridgehead atoms. The monoisotopic (exact) mass is 283 g/mol. The van der Waals surface area contributed by atoms with Gasteiger partial charge in [0.1, 0.15) is 11.6 Å². The first-order chi connectivity index (χ1) is 9.97. The Bertz CT molecular complexity index is 818. The number of aromatic nitrogens is 2. The van der Waals surface area contributed by atoms with Crippen molar-refractivity contribution in [2.45, 2.75) is 26.8 Å². The fraction of sp³-hybridized carbons (Fsp3) is 0.235. The normalized spacial score (nSPS) is 11.5. The van der Waals surface area contributed by atoms with E-state index in [-0.39, 0.29) is 11.9 Å². The molecule has 0 atom stereocenters. The molecular formula is C17H18FN3. The quantitative estimate of drug-likeness (QED) is 0.712. The number of fused-ring (bicyclic) bond motifs is 1. The molecule has 0 radical (unpaired) electrons. The van der Waals surface area contributed by atoms with Gasteiger partial charge in [-0.3, -0.25) is 0 Å². The van der Waals surface area contributed by atoms with Gasteiger partial charge in [-0.2, -0.15) is 0 Å². The molecule has 108 valence electrons. The molecule has 3 nitrogen and oxygen atoms in total. The van der Waals surface area contributed by atoms with E-state index in [9.17, 15) is 4.39 Å². The summed E-state index contributed by atoms with van der Waals surface area (Å²) in [5.74, 6) is 0.313. The number of nitrogen functional groups attached to an aromatic ring is 1. The molecule has 1 heterocycles. The van der Waals surface area contributed by atoms with E-state index in [0.717, 1.165) is 16.6 Å². The van der Waals surface area contributed by atoms with Gasteiger partial charge in [-0.25, -0.2) is 9.37 Å². The summed E-state index contributed by atoms with van der Waals surface area (Å²) in [5, 5.41) is 0. The Morgan fingerprint density at radius 1 is 1.14 bits per heavy atom. The number of halogens is 1. The van der Waals surface area contributed by atoms with Gasteiger partial charge in [0.2, 0.25) is 0 Å². The van der Waals surface area contributed by atoms with Crippen molar-refractivity contribution in [3.05, 3.63) is 47.8 Å². The highest BCUT2D eigenvalue weighted by Crippen LogP contribution is 2.31. The minimum Gasteiger partial charge on any atom is -0.399 e. The Balaban J connectivity index is 2.36. The Morgan fingerprint density at radius 2 is 1.90 bits per heavy atom. The molecule has 2 aromatic carbocycles. The van der Waals surface area contributed by atoms with Gasteiger partial charge in [0.05, 0.1) is 16.6 Å². The molecule has 4 heteroatoms. The highest BCUT2D eigenvalue weighted by Gasteiger charge is 2.18. The van der Waals surface area contributed by atoms with Crippen LogP contribution < -0.4 is 5.73 Å². The van der Waals surface area contributed by atoms with Crippen LogP contribution >= 0.6 is 0 Å². The molecule has 2 N–H and O–H groups in total. The van der Waals surface area contributed by atoms with Crippen LogP contribution in [-0.4, -0.2) is 9.55 Å². The molecule has 21 heavy (non-hydrogen) atoms. The second kappa shape index (κ2) is 4.88. The fourth-order valence-electron chi connectivity index (χ4n) is 2.64. The summed E-state index contributed by atoms with van der Waals surface area (Å²) in [6.07, 6.45) is 0. The summed E-state index contributed by atoms with van der Waals surface area (Å²) in [4.78, 5) is 4.63. The summed E-state index contributed by atoms with van der Waals surface area (Å²) in [6, 6.07) is 10.9. The highest BCUT2D eigenvalue weighted by atomic mass is 19.1. The van der Waals surface area contributed by atoms with Crippen molar-refractivity contribution in [1.82, 2.24) is 9.55 Å². The number of hydrogen-bond donors (Lipinski definition) is 1. The van der Waals surface area contributed by atoms with E-state index >= 15 is 0 Å². The summed E-state index contributed by atoms with van der Waals surface area (Å²) in [6.45, 7) is 6.15. The van der Waals surface area contributed by atoms with Crippen molar-refractivity contribution in [1.29, 1.82) is 0 Å². The van der Waals surface area contributed by atoms with Crippen LogP contribution in [0.3, 0.4) is 0 Å². The van der Waals surface area contributed by atoms with Gasteiger partial charge in [0, 0.05) is 11.7 Å². The van der Waals surface area contributed by atoms with Crippen LogP contribution in [-0.2, 0) is 0 Å². The Hall–Kier alpha value is -2.36. The van der Waals surface area contributed by atoms with Gasteiger partial charge in [-0.1, -0.05) is 6.07 Å². The summed E-state index contributed by atoms with van der Waals surface area (Å²) in [7, 11) is 0. The zero-order valence-electron chi connectivity index (χ0n) is 12.4.